The highest BCUT2D eigenvalue weighted by atomic mass is 32.2. The second-order valence-electron chi connectivity index (χ2n) is 7.54. The minimum absolute atomic E-state index is 0.0433. The fraction of sp³-hybridized carbons (Fsp3) is 0.409. The summed E-state index contributed by atoms with van der Waals surface area (Å²) in [5.74, 6) is 0.655. The highest BCUT2D eigenvalue weighted by Gasteiger charge is 2.23. The van der Waals surface area contributed by atoms with E-state index < -0.39 is 0 Å². The number of hydrogen-bond donors (Lipinski definition) is 1. The number of carbonyl (C=O) groups is 1. The lowest BCUT2D eigenvalue weighted by molar-refractivity contribution is -0.119. The summed E-state index contributed by atoms with van der Waals surface area (Å²) in [7, 11) is 0. The van der Waals surface area contributed by atoms with Gasteiger partial charge in [-0.15, -0.1) is 10.2 Å². The maximum absolute atomic E-state index is 12.2. The Labute approximate surface area is 180 Å². The van der Waals surface area contributed by atoms with Crippen molar-refractivity contribution in [3.8, 4) is 11.5 Å². The van der Waals surface area contributed by atoms with Crippen molar-refractivity contribution in [1.82, 2.24) is 20.4 Å². The van der Waals surface area contributed by atoms with Crippen LogP contribution in [0.25, 0.3) is 22.2 Å². The van der Waals surface area contributed by atoms with Gasteiger partial charge in [0.15, 0.2) is 0 Å². The fourth-order valence-corrected chi connectivity index (χ4v) is 4.25. The summed E-state index contributed by atoms with van der Waals surface area (Å²) >= 11 is 1.25. The molecule has 0 radical (unpaired) electrons. The third-order valence-electron chi connectivity index (χ3n) is 5.31. The molecular weight excluding hydrogens is 400 g/mol. The van der Waals surface area contributed by atoms with Crippen LogP contribution in [0.5, 0.6) is 0 Å². The van der Waals surface area contributed by atoms with Crippen LogP contribution in [0.4, 0.5) is 0 Å². The molecule has 1 N–H and O–H groups in total. The van der Waals surface area contributed by atoms with Gasteiger partial charge < -0.3 is 14.5 Å². The molecule has 0 aliphatic carbocycles. The Hall–Kier alpha value is -2.42. The smallest absolute Gasteiger partial charge is 0.277 e. The Morgan fingerprint density at radius 2 is 2.10 bits per heavy atom. The van der Waals surface area contributed by atoms with E-state index >= 15 is 0 Å². The number of amides is 1. The van der Waals surface area contributed by atoms with E-state index in [0.717, 1.165) is 36.1 Å². The van der Waals surface area contributed by atoms with E-state index in [4.69, 9.17) is 9.15 Å². The van der Waals surface area contributed by atoms with Crippen molar-refractivity contribution >= 4 is 28.4 Å². The number of nitrogens with zero attached hydrogens (tertiary/aromatic N) is 3. The van der Waals surface area contributed by atoms with Crippen molar-refractivity contribution < 1.29 is 13.9 Å². The summed E-state index contributed by atoms with van der Waals surface area (Å²) in [6.45, 7) is 7.27. The molecule has 1 saturated heterocycles. The quantitative estimate of drug-likeness (QED) is 0.581. The van der Waals surface area contributed by atoms with Gasteiger partial charge in [0.1, 0.15) is 0 Å². The number of thioether (sulfide) groups is 1. The first-order valence-electron chi connectivity index (χ1n) is 10.2. The summed E-state index contributed by atoms with van der Waals surface area (Å²) < 4.78 is 11.2. The minimum Gasteiger partial charge on any atom is -0.411 e. The van der Waals surface area contributed by atoms with Crippen LogP contribution in [-0.4, -0.2) is 65.1 Å². The van der Waals surface area contributed by atoms with Crippen molar-refractivity contribution in [1.29, 1.82) is 0 Å². The van der Waals surface area contributed by atoms with Gasteiger partial charge in [-0.3, -0.25) is 9.69 Å². The topological polar surface area (TPSA) is 80.5 Å². The summed E-state index contributed by atoms with van der Waals surface area (Å²) in [4.78, 5) is 14.6. The number of fused-ring (bicyclic) bond motifs is 1. The second kappa shape index (κ2) is 9.59. The highest BCUT2D eigenvalue weighted by Crippen LogP contribution is 2.26. The lowest BCUT2D eigenvalue weighted by Gasteiger charge is -2.37. The van der Waals surface area contributed by atoms with Crippen molar-refractivity contribution in [3.05, 3.63) is 42.5 Å². The molecule has 2 unspecified atom stereocenters. The Kier molecular flexibility index (Phi) is 6.66. The van der Waals surface area contributed by atoms with Crippen LogP contribution in [0, 0.1) is 0 Å². The van der Waals surface area contributed by atoms with Gasteiger partial charge >= 0.3 is 0 Å². The zero-order valence-corrected chi connectivity index (χ0v) is 18.0. The van der Waals surface area contributed by atoms with Gasteiger partial charge in [0, 0.05) is 30.7 Å². The maximum atomic E-state index is 12.2. The Morgan fingerprint density at radius 3 is 2.93 bits per heavy atom. The van der Waals surface area contributed by atoms with Gasteiger partial charge in [0.2, 0.25) is 11.8 Å². The van der Waals surface area contributed by atoms with E-state index in [0.29, 0.717) is 23.7 Å². The molecule has 1 fully saturated rings. The summed E-state index contributed by atoms with van der Waals surface area (Å²) in [6, 6.07) is 14.8. The predicted molar refractivity (Wildman–Crippen MR) is 117 cm³/mol. The average Bonchev–Trinajstić information content (AvgIpc) is 3.25. The predicted octanol–water partition coefficient (Wildman–Crippen LogP) is 3.21. The Balaban J connectivity index is 1.28. The molecule has 1 aliphatic heterocycles. The number of ether oxygens (including phenoxy) is 1. The number of nitrogens with one attached hydrogen (secondary N) is 1. The molecule has 2 atom stereocenters. The van der Waals surface area contributed by atoms with Crippen LogP contribution in [0.15, 0.2) is 52.1 Å². The maximum Gasteiger partial charge on any atom is 0.277 e. The van der Waals surface area contributed by atoms with Crippen LogP contribution >= 0.6 is 11.8 Å². The molecule has 30 heavy (non-hydrogen) atoms. The first kappa shape index (κ1) is 20.8. The first-order valence-corrected chi connectivity index (χ1v) is 11.1. The highest BCUT2D eigenvalue weighted by molar-refractivity contribution is 7.99. The van der Waals surface area contributed by atoms with Gasteiger partial charge in [0.25, 0.3) is 5.22 Å². The molecule has 0 saturated carbocycles. The summed E-state index contributed by atoms with van der Waals surface area (Å²) in [6.07, 6.45) is 0. The molecule has 3 aromatic rings. The number of carbonyl (C=O) groups excluding carboxylic acids is 1. The number of hydrogen-bond acceptors (Lipinski definition) is 7. The number of benzene rings is 2. The molecular formula is C22H26N4O3S. The second-order valence-corrected chi connectivity index (χ2v) is 8.47. The van der Waals surface area contributed by atoms with Gasteiger partial charge in [-0.25, -0.2) is 0 Å². The lowest BCUT2D eigenvalue weighted by Crippen LogP contribution is -2.52. The van der Waals surface area contributed by atoms with Crippen LogP contribution in [0.2, 0.25) is 0 Å². The molecule has 0 bridgehead atoms. The van der Waals surface area contributed by atoms with Crippen LogP contribution in [-0.2, 0) is 9.53 Å². The normalized spacial score (nSPS) is 18.4. The molecule has 4 rings (SSSR count). The van der Waals surface area contributed by atoms with Crippen molar-refractivity contribution in [2.75, 3.05) is 32.1 Å². The van der Waals surface area contributed by atoms with Crippen LogP contribution in [0.3, 0.4) is 0 Å². The average molecular weight is 427 g/mol. The van der Waals surface area contributed by atoms with E-state index in [2.05, 4.69) is 40.3 Å². The summed E-state index contributed by atoms with van der Waals surface area (Å²) in [5.41, 5.74) is 0.867. The number of morpholine rings is 1. The first-order chi connectivity index (χ1) is 14.6. The minimum atomic E-state index is -0.0433. The molecule has 1 aliphatic rings. The lowest BCUT2D eigenvalue weighted by atomic mass is 10.1. The molecule has 158 valence electrons. The molecule has 2 aromatic carbocycles. The molecule has 0 spiro atoms. The Bertz CT molecular complexity index is 1010. The van der Waals surface area contributed by atoms with E-state index in [1.165, 1.54) is 11.8 Å². The fourth-order valence-electron chi connectivity index (χ4n) is 3.66. The third kappa shape index (κ3) is 5.00. The zero-order chi connectivity index (χ0) is 20.9. The Morgan fingerprint density at radius 1 is 1.27 bits per heavy atom. The van der Waals surface area contributed by atoms with Gasteiger partial charge in [-0.2, -0.15) is 0 Å². The van der Waals surface area contributed by atoms with E-state index in [1.807, 2.05) is 36.4 Å². The van der Waals surface area contributed by atoms with Crippen molar-refractivity contribution in [2.45, 2.75) is 31.2 Å². The molecule has 2 heterocycles. The summed E-state index contributed by atoms with van der Waals surface area (Å²) in [5, 5.41) is 13.9. The van der Waals surface area contributed by atoms with Gasteiger partial charge in [-0.05, 0) is 36.8 Å². The zero-order valence-electron chi connectivity index (χ0n) is 17.2. The van der Waals surface area contributed by atoms with Crippen molar-refractivity contribution in [3.63, 3.8) is 0 Å². The molecule has 1 amide bonds. The largest absolute Gasteiger partial charge is 0.411 e. The molecule has 7 nitrogen and oxygen atoms in total. The number of rotatable bonds is 7. The van der Waals surface area contributed by atoms with E-state index in [-0.39, 0.29) is 17.7 Å². The molecule has 8 heteroatoms. The van der Waals surface area contributed by atoms with E-state index in [1.54, 1.807) is 0 Å². The molecule has 1 aromatic heterocycles. The van der Waals surface area contributed by atoms with Crippen molar-refractivity contribution in [2.24, 2.45) is 0 Å². The van der Waals surface area contributed by atoms with Gasteiger partial charge in [-0.1, -0.05) is 42.1 Å². The van der Waals surface area contributed by atoms with E-state index in [9.17, 15) is 4.79 Å². The standard InChI is InChI=1S/C22H26N4O3S/c1-15(26-9-10-28-13-16(26)2)12-23-20(27)14-30-22-25-24-21(29-22)19-8-7-17-5-3-4-6-18(17)11-19/h3-8,11,15-16H,9-10,12-14H2,1-2H3,(H,23,27). The SMILES string of the molecule is CC(CNC(=O)CSc1nnc(-c2ccc3ccccc3c2)o1)N1CCOCC1C. The monoisotopic (exact) mass is 426 g/mol. The van der Waals surface area contributed by atoms with Gasteiger partial charge in [0.05, 0.1) is 19.0 Å². The van der Waals surface area contributed by atoms with Crippen LogP contribution in [0.1, 0.15) is 13.8 Å². The third-order valence-corrected chi connectivity index (χ3v) is 6.13. The number of aromatic nitrogens is 2. The van der Waals surface area contributed by atoms with Crippen LogP contribution < -0.4 is 5.32 Å².